The van der Waals surface area contributed by atoms with E-state index in [2.05, 4.69) is 33.4 Å². The average Bonchev–Trinajstić information content (AvgIpc) is 2.46. The normalized spacial score (nSPS) is 12.3. The van der Waals surface area contributed by atoms with E-state index in [1.165, 1.54) is 0 Å². The first-order valence-corrected chi connectivity index (χ1v) is 6.78. The van der Waals surface area contributed by atoms with E-state index in [9.17, 15) is 0 Å². The molecule has 0 aliphatic rings. The minimum Gasteiger partial charge on any atom is -0.373 e. The van der Waals surface area contributed by atoms with E-state index in [0.717, 1.165) is 35.4 Å². The summed E-state index contributed by atoms with van der Waals surface area (Å²) in [5.41, 5.74) is 2.15. The molecule has 0 aliphatic heterocycles. The maximum atomic E-state index is 8.89. The number of nitrogens with zero attached hydrogens (tertiary/aromatic N) is 3. The van der Waals surface area contributed by atoms with Crippen molar-refractivity contribution in [3.8, 4) is 6.07 Å². The number of hydrogen-bond acceptors (Lipinski definition) is 4. The Morgan fingerprint density at radius 2 is 2.15 bits per heavy atom. The molecule has 1 aromatic carbocycles. The van der Waals surface area contributed by atoms with Crippen molar-refractivity contribution in [1.82, 2.24) is 9.88 Å². The van der Waals surface area contributed by atoms with Gasteiger partial charge in [-0.15, -0.1) is 0 Å². The van der Waals surface area contributed by atoms with Gasteiger partial charge >= 0.3 is 0 Å². The van der Waals surface area contributed by atoms with E-state index in [1.54, 1.807) is 0 Å². The first-order valence-electron chi connectivity index (χ1n) is 6.78. The largest absolute Gasteiger partial charge is 0.373 e. The Hall–Kier alpha value is -2.12. The van der Waals surface area contributed by atoms with E-state index in [4.69, 9.17) is 5.26 Å². The van der Waals surface area contributed by atoms with Crippen LogP contribution in [0.4, 0.5) is 5.82 Å². The number of nitriles is 1. The van der Waals surface area contributed by atoms with Crippen molar-refractivity contribution in [2.75, 3.05) is 26.0 Å². The zero-order chi connectivity index (χ0) is 14.5. The maximum absolute atomic E-state index is 8.89. The van der Waals surface area contributed by atoms with Crippen LogP contribution in [0, 0.1) is 17.2 Å². The molecule has 1 heterocycles. The summed E-state index contributed by atoms with van der Waals surface area (Å²) in [6.07, 6.45) is 0. The molecular formula is C16H20N4. The van der Waals surface area contributed by atoms with Gasteiger partial charge in [0, 0.05) is 31.1 Å². The number of aromatic nitrogens is 1. The van der Waals surface area contributed by atoms with E-state index in [-0.39, 0.29) is 5.92 Å². The third-order valence-corrected chi connectivity index (χ3v) is 3.29. The van der Waals surface area contributed by atoms with Gasteiger partial charge in [0.05, 0.1) is 17.5 Å². The molecule has 0 spiro atoms. The number of para-hydroxylation sites is 1. The summed E-state index contributed by atoms with van der Waals surface area (Å²) in [5, 5.41) is 13.2. The monoisotopic (exact) mass is 268 g/mol. The highest BCUT2D eigenvalue weighted by Crippen LogP contribution is 2.21. The lowest BCUT2D eigenvalue weighted by Crippen LogP contribution is -2.24. The second-order valence-electron chi connectivity index (χ2n) is 5.17. The van der Waals surface area contributed by atoms with Crippen LogP contribution in [-0.2, 0) is 6.54 Å². The summed E-state index contributed by atoms with van der Waals surface area (Å²) in [6.45, 7) is 3.47. The predicted molar refractivity (Wildman–Crippen MR) is 82.4 cm³/mol. The van der Waals surface area contributed by atoms with Gasteiger partial charge in [0.1, 0.15) is 5.82 Å². The summed E-state index contributed by atoms with van der Waals surface area (Å²) in [4.78, 5) is 6.80. The summed E-state index contributed by atoms with van der Waals surface area (Å²) in [7, 11) is 3.92. The second kappa shape index (κ2) is 6.36. The highest BCUT2D eigenvalue weighted by atomic mass is 15.1. The van der Waals surface area contributed by atoms with Crippen LogP contribution in [0.25, 0.3) is 10.9 Å². The number of hydrogen-bond donors (Lipinski definition) is 1. The molecule has 0 fully saturated rings. The van der Waals surface area contributed by atoms with Crippen LogP contribution in [0.5, 0.6) is 0 Å². The Bertz CT molecular complexity index is 630. The Balaban J connectivity index is 2.26. The van der Waals surface area contributed by atoms with Crippen molar-refractivity contribution in [2.24, 2.45) is 5.92 Å². The third-order valence-electron chi connectivity index (χ3n) is 3.29. The van der Waals surface area contributed by atoms with Gasteiger partial charge in [-0.3, -0.25) is 0 Å². The van der Waals surface area contributed by atoms with Crippen LogP contribution in [0.3, 0.4) is 0 Å². The van der Waals surface area contributed by atoms with Crippen LogP contribution >= 0.6 is 0 Å². The van der Waals surface area contributed by atoms with Gasteiger partial charge in [0.15, 0.2) is 0 Å². The smallest absolute Gasteiger partial charge is 0.130 e. The lowest BCUT2D eigenvalue weighted by molar-refractivity contribution is 0.303. The number of rotatable bonds is 5. The van der Waals surface area contributed by atoms with Crippen molar-refractivity contribution in [1.29, 1.82) is 5.26 Å². The molecule has 1 N–H and O–H groups in total. The summed E-state index contributed by atoms with van der Waals surface area (Å²) in [5.74, 6) is 0.937. The highest BCUT2D eigenvalue weighted by Gasteiger charge is 2.10. The minimum absolute atomic E-state index is 0.0338. The molecule has 1 aromatic heterocycles. The van der Waals surface area contributed by atoms with E-state index < -0.39 is 0 Å². The van der Waals surface area contributed by atoms with Crippen molar-refractivity contribution in [3.05, 3.63) is 35.9 Å². The SMILES string of the molecule is CNc1nc2ccccc2cc1CN(C)CC(C)C#N. The molecule has 0 radical (unpaired) electrons. The van der Waals surface area contributed by atoms with Crippen molar-refractivity contribution >= 4 is 16.7 Å². The van der Waals surface area contributed by atoms with Crippen molar-refractivity contribution in [3.63, 3.8) is 0 Å². The van der Waals surface area contributed by atoms with Gasteiger partial charge in [0.2, 0.25) is 0 Å². The minimum atomic E-state index is 0.0338. The van der Waals surface area contributed by atoms with E-state index >= 15 is 0 Å². The quantitative estimate of drug-likeness (QED) is 0.906. The Morgan fingerprint density at radius 3 is 2.85 bits per heavy atom. The molecule has 0 saturated heterocycles. The Kier molecular flexibility index (Phi) is 4.54. The topological polar surface area (TPSA) is 52.0 Å². The zero-order valence-corrected chi connectivity index (χ0v) is 12.2. The molecule has 2 rings (SSSR count). The third kappa shape index (κ3) is 3.25. The van der Waals surface area contributed by atoms with Crippen LogP contribution in [-0.4, -0.2) is 30.5 Å². The van der Waals surface area contributed by atoms with Crippen LogP contribution in [0.1, 0.15) is 12.5 Å². The van der Waals surface area contributed by atoms with E-state index in [0.29, 0.717) is 0 Å². The zero-order valence-electron chi connectivity index (χ0n) is 12.2. The number of benzene rings is 1. The molecule has 0 aliphatic carbocycles. The van der Waals surface area contributed by atoms with Crippen LogP contribution in [0.2, 0.25) is 0 Å². The number of fused-ring (bicyclic) bond motifs is 1. The molecule has 0 bridgehead atoms. The standard InChI is InChI=1S/C16H20N4/c1-12(9-17)10-20(3)11-14-8-13-6-4-5-7-15(13)19-16(14)18-2/h4-8,12H,10-11H2,1-3H3,(H,18,19). The van der Waals surface area contributed by atoms with Gasteiger partial charge in [-0.25, -0.2) is 4.98 Å². The molecule has 104 valence electrons. The summed E-state index contributed by atoms with van der Waals surface area (Å²) in [6, 6.07) is 12.5. The molecule has 1 unspecified atom stereocenters. The van der Waals surface area contributed by atoms with E-state index in [1.807, 2.05) is 39.2 Å². The Morgan fingerprint density at radius 1 is 1.40 bits per heavy atom. The first-order chi connectivity index (χ1) is 9.63. The second-order valence-corrected chi connectivity index (χ2v) is 5.17. The fourth-order valence-electron chi connectivity index (χ4n) is 2.36. The first kappa shape index (κ1) is 14.3. The molecule has 1 atom stereocenters. The van der Waals surface area contributed by atoms with Gasteiger partial charge in [-0.1, -0.05) is 18.2 Å². The van der Waals surface area contributed by atoms with Crippen LogP contribution in [0.15, 0.2) is 30.3 Å². The molecule has 4 heteroatoms. The fourth-order valence-corrected chi connectivity index (χ4v) is 2.36. The molecule has 4 nitrogen and oxygen atoms in total. The van der Waals surface area contributed by atoms with Gasteiger partial charge < -0.3 is 10.2 Å². The molecule has 0 amide bonds. The predicted octanol–water partition coefficient (Wildman–Crippen LogP) is 2.87. The molecule has 2 aromatic rings. The Labute approximate surface area is 120 Å². The van der Waals surface area contributed by atoms with Crippen molar-refractivity contribution in [2.45, 2.75) is 13.5 Å². The number of anilines is 1. The molecule has 20 heavy (non-hydrogen) atoms. The maximum Gasteiger partial charge on any atom is 0.130 e. The summed E-state index contributed by atoms with van der Waals surface area (Å²) < 4.78 is 0. The lowest BCUT2D eigenvalue weighted by Gasteiger charge is -2.19. The van der Waals surface area contributed by atoms with Gasteiger partial charge in [-0.05, 0) is 26.1 Å². The average molecular weight is 268 g/mol. The summed E-state index contributed by atoms with van der Waals surface area (Å²) >= 11 is 0. The van der Waals surface area contributed by atoms with Gasteiger partial charge in [-0.2, -0.15) is 5.26 Å². The molecular weight excluding hydrogens is 248 g/mol. The number of pyridine rings is 1. The lowest BCUT2D eigenvalue weighted by atomic mass is 10.1. The molecule has 0 saturated carbocycles. The highest BCUT2D eigenvalue weighted by molar-refractivity contribution is 5.81. The van der Waals surface area contributed by atoms with Gasteiger partial charge in [0.25, 0.3) is 0 Å². The number of nitrogens with one attached hydrogen (secondary N) is 1. The van der Waals surface area contributed by atoms with Crippen LogP contribution < -0.4 is 5.32 Å². The van der Waals surface area contributed by atoms with Crippen molar-refractivity contribution < 1.29 is 0 Å². The fraction of sp³-hybridized carbons (Fsp3) is 0.375.